The Labute approximate surface area is 166 Å². The first kappa shape index (κ1) is 22.3. The standard InChI is InChI=1S/C19H29N3O5S/c1-14-4-6-17(7-5-14)28(25,26)22-11-8-16(9-12-22)19(24)21-15(2)18(23)20-10-13-27-3/h4-7,15-16H,8-13H2,1-3H3,(H,20,23)(H,21,24)/t15-/m0/s1. The number of methoxy groups -OCH3 is 1. The van der Waals surface area contributed by atoms with Gasteiger partial charge in [-0.3, -0.25) is 9.59 Å². The molecule has 1 heterocycles. The summed E-state index contributed by atoms with van der Waals surface area (Å²) in [5.41, 5.74) is 0.995. The van der Waals surface area contributed by atoms with Crippen LogP contribution in [0.4, 0.5) is 0 Å². The van der Waals surface area contributed by atoms with E-state index in [-0.39, 0.29) is 35.7 Å². The molecule has 0 aromatic heterocycles. The molecule has 2 amide bonds. The molecular weight excluding hydrogens is 382 g/mol. The Kier molecular flexibility index (Phi) is 7.97. The Balaban J connectivity index is 1.86. The van der Waals surface area contributed by atoms with Crippen LogP contribution < -0.4 is 10.6 Å². The largest absolute Gasteiger partial charge is 0.383 e. The van der Waals surface area contributed by atoms with Gasteiger partial charge >= 0.3 is 0 Å². The minimum atomic E-state index is -3.55. The van der Waals surface area contributed by atoms with Crippen LogP contribution in [0.1, 0.15) is 25.3 Å². The molecule has 1 atom stereocenters. The first-order valence-electron chi connectivity index (χ1n) is 9.39. The molecule has 8 nitrogen and oxygen atoms in total. The van der Waals surface area contributed by atoms with Crippen LogP contribution in [-0.2, 0) is 24.3 Å². The number of hydrogen-bond donors (Lipinski definition) is 2. The molecule has 0 unspecified atom stereocenters. The van der Waals surface area contributed by atoms with E-state index in [1.54, 1.807) is 38.3 Å². The second-order valence-corrected chi connectivity index (χ2v) is 8.94. The van der Waals surface area contributed by atoms with Gasteiger partial charge in [0.15, 0.2) is 0 Å². The minimum absolute atomic E-state index is 0.221. The van der Waals surface area contributed by atoms with Crippen molar-refractivity contribution in [3.05, 3.63) is 29.8 Å². The van der Waals surface area contributed by atoms with Gasteiger partial charge in [-0.05, 0) is 38.8 Å². The van der Waals surface area contributed by atoms with Crippen molar-refractivity contribution in [2.24, 2.45) is 5.92 Å². The molecule has 1 aromatic rings. The second kappa shape index (κ2) is 9.99. The van der Waals surface area contributed by atoms with Crippen molar-refractivity contribution in [3.63, 3.8) is 0 Å². The average molecular weight is 412 g/mol. The molecule has 2 rings (SSSR count). The van der Waals surface area contributed by atoms with Crippen LogP contribution in [-0.4, -0.2) is 63.9 Å². The van der Waals surface area contributed by atoms with Gasteiger partial charge in [-0.2, -0.15) is 4.31 Å². The lowest BCUT2D eigenvalue weighted by Crippen LogP contribution is -2.49. The number of amides is 2. The second-order valence-electron chi connectivity index (χ2n) is 7.01. The quantitative estimate of drug-likeness (QED) is 0.612. The minimum Gasteiger partial charge on any atom is -0.383 e. The monoisotopic (exact) mass is 411 g/mol. The number of ether oxygens (including phenoxy) is 1. The number of benzene rings is 1. The molecular formula is C19H29N3O5S. The lowest BCUT2D eigenvalue weighted by atomic mass is 9.97. The van der Waals surface area contributed by atoms with E-state index >= 15 is 0 Å². The fourth-order valence-electron chi connectivity index (χ4n) is 3.04. The highest BCUT2D eigenvalue weighted by atomic mass is 32.2. The van der Waals surface area contributed by atoms with Crippen molar-refractivity contribution < 1.29 is 22.7 Å². The summed E-state index contributed by atoms with van der Waals surface area (Å²) in [6.45, 7) is 4.87. The molecule has 9 heteroatoms. The Morgan fingerprint density at radius 3 is 2.39 bits per heavy atom. The van der Waals surface area contributed by atoms with Gasteiger partial charge < -0.3 is 15.4 Å². The van der Waals surface area contributed by atoms with E-state index in [9.17, 15) is 18.0 Å². The lowest BCUT2D eigenvalue weighted by molar-refractivity contribution is -0.131. The van der Waals surface area contributed by atoms with Gasteiger partial charge in [-0.1, -0.05) is 17.7 Å². The summed E-state index contributed by atoms with van der Waals surface area (Å²) in [5, 5.41) is 5.38. The Bertz CT molecular complexity index is 771. The Hall–Kier alpha value is -1.97. The molecule has 0 spiro atoms. The zero-order valence-corrected chi connectivity index (χ0v) is 17.4. The number of carbonyl (C=O) groups excluding carboxylic acids is 2. The molecule has 1 fully saturated rings. The van der Waals surface area contributed by atoms with Crippen molar-refractivity contribution in [3.8, 4) is 0 Å². The fraction of sp³-hybridized carbons (Fsp3) is 0.579. The maximum atomic E-state index is 12.7. The smallest absolute Gasteiger partial charge is 0.243 e. The van der Waals surface area contributed by atoms with E-state index in [0.717, 1.165) is 5.56 Å². The molecule has 28 heavy (non-hydrogen) atoms. The van der Waals surface area contributed by atoms with Gasteiger partial charge in [0, 0.05) is 32.7 Å². The van der Waals surface area contributed by atoms with E-state index in [1.165, 1.54) is 4.31 Å². The lowest BCUT2D eigenvalue weighted by Gasteiger charge is -2.31. The van der Waals surface area contributed by atoms with Crippen molar-refractivity contribution in [1.82, 2.24) is 14.9 Å². The molecule has 0 aliphatic carbocycles. The molecule has 0 radical (unpaired) electrons. The summed E-state index contributed by atoms with van der Waals surface area (Å²) in [7, 11) is -2.01. The maximum Gasteiger partial charge on any atom is 0.243 e. The van der Waals surface area contributed by atoms with E-state index in [2.05, 4.69) is 10.6 Å². The highest BCUT2D eigenvalue weighted by molar-refractivity contribution is 7.89. The molecule has 1 aliphatic rings. The van der Waals surface area contributed by atoms with Crippen molar-refractivity contribution >= 4 is 21.8 Å². The van der Waals surface area contributed by atoms with Gasteiger partial charge in [0.2, 0.25) is 21.8 Å². The van der Waals surface area contributed by atoms with E-state index < -0.39 is 16.1 Å². The van der Waals surface area contributed by atoms with E-state index in [1.807, 2.05) is 6.92 Å². The van der Waals surface area contributed by atoms with Crippen LogP contribution in [0.5, 0.6) is 0 Å². The summed E-state index contributed by atoms with van der Waals surface area (Å²) in [5.74, 6) is -0.801. The molecule has 0 bridgehead atoms. The van der Waals surface area contributed by atoms with Gasteiger partial charge in [-0.15, -0.1) is 0 Å². The number of nitrogens with one attached hydrogen (secondary N) is 2. The first-order chi connectivity index (χ1) is 13.3. The number of piperidine rings is 1. The van der Waals surface area contributed by atoms with Crippen LogP contribution in [0.3, 0.4) is 0 Å². The molecule has 1 aliphatic heterocycles. The van der Waals surface area contributed by atoms with Gasteiger partial charge in [0.1, 0.15) is 6.04 Å². The highest BCUT2D eigenvalue weighted by Crippen LogP contribution is 2.24. The Morgan fingerprint density at radius 2 is 1.82 bits per heavy atom. The first-order valence-corrected chi connectivity index (χ1v) is 10.8. The van der Waals surface area contributed by atoms with E-state index in [4.69, 9.17) is 4.74 Å². The molecule has 1 saturated heterocycles. The zero-order chi connectivity index (χ0) is 20.7. The highest BCUT2D eigenvalue weighted by Gasteiger charge is 2.32. The summed E-state index contributed by atoms with van der Waals surface area (Å²) in [6.07, 6.45) is 0.851. The van der Waals surface area contributed by atoms with Crippen molar-refractivity contribution in [2.45, 2.75) is 37.6 Å². The fourth-order valence-corrected chi connectivity index (χ4v) is 4.51. The number of hydrogen-bond acceptors (Lipinski definition) is 5. The van der Waals surface area contributed by atoms with Crippen LogP contribution in [0.25, 0.3) is 0 Å². The van der Waals surface area contributed by atoms with Crippen LogP contribution in [0.15, 0.2) is 29.2 Å². The topological polar surface area (TPSA) is 105 Å². The molecule has 2 N–H and O–H groups in total. The summed E-state index contributed by atoms with van der Waals surface area (Å²) in [6, 6.07) is 6.09. The third kappa shape index (κ3) is 5.76. The van der Waals surface area contributed by atoms with Crippen LogP contribution >= 0.6 is 0 Å². The van der Waals surface area contributed by atoms with Gasteiger partial charge in [0.25, 0.3) is 0 Å². The number of carbonyl (C=O) groups is 2. The van der Waals surface area contributed by atoms with E-state index in [0.29, 0.717) is 26.0 Å². The summed E-state index contributed by atoms with van der Waals surface area (Å²) in [4.78, 5) is 24.6. The molecule has 1 aromatic carbocycles. The van der Waals surface area contributed by atoms with Crippen LogP contribution in [0.2, 0.25) is 0 Å². The van der Waals surface area contributed by atoms with Gasteiger partial charge in [-0.25, -0.2) is 8.42 Å². The number of nitrogens with zero attached hydrogens (tertiary/aromatic N) is 1. The maximum absolute atomic E-state index is 12.7. The number of rotatable bonds is 8. The molecule has 156 valence electrons. The SMILES string of the molecule is COCCNC(=O)[C@H](C)NC(=O)C1CCN(S(=O)(=O)c2ccc(C)cc2)CC1. The third-order valence-corrected chi connectivity index (χ3v) is 6.75. The van der Waals surface area contributed by atoms with Crippen molar-refractivity contribution in [1.29, 1.82) is 0 Å². The number of aryl methyl sites for hydroxylation is 1. The number of sulfonamides is 1. The normalized spacial score (nSPS) is 17.1. The van der Waals surface area contributed by atoms with Gasteiger partial charge in [0.05, 0.1) is 11.5 Å². The van der Waals surface area contributed by atoms with Crippen molar-refractivity contribution in [2.75, 3.05) is 33.4 Å². The predicted octanol–water partition coefficient (Wildman–Crippen LogP) is 0.663. The third-order valence-electron chi connectivity index (χ3n) is 4.84. The predicted molar refractivity (Wildman–Crippen MR) is 105 cm³/mol. The summed E-state index contributed by atoms with van der Waals surface area (Å²) < 4.78 is 31.7. The van der Waals surface area contributed by atoms with Crippen LogP contribution in [0, 0.1) is 12.8 Å². The average Bonchev–Trinajstić information content (AvgIpc) is 2.68. The molecule has 0 saturated carbocycles. The zero-order valence-electron chi connectivity index (χ0n) is 16.6. The Morgan fingerprint density at radius 1 is 1.21 bits per heavy atom. The summed E-state index contributed by atoms with van der Waals surface area (Å²) >= 11 is 0.